The molecule has 1 aromatic rings. The van der Waals surface area contributed by atoms with Crippen LogP contribution >= 0.6 is 0 Å². The molecule has 1 unspecified atom stereocenters. The van der Waals surface area contributed by atoms with Crippen molar-refractivity contribution < 1.29 is 9.84 Å². The summed E-state index contributed by atoms with van der Waals surface area (Å²) in [4.78, 5) is 0. The molecule has 102 valence electrons. The van der Waals surface area contributed by atoms with Crippen LogP contribution in [0.4, 0.5) is 0 Å². The zero-order valence-corrected chi connectivity index (χ0v) is 11.9. The Balaban J connectivity index is 2.29. The second-order valence-electron chi connectivity index (χ2n) is 5.29. The molecular formula is C15H25NO2. The number of aliphatic hydroxyl groups is 1. The van der Waals surface area contributed by atoms with E-state index in [9.17, 15) is 5.11 Å². The third-order valence-electron chi connectivity index (χ3n) is 3.48. The van der Waals surface area contributed by atoms with Gasteiger partial charge in [-0.15, -0.1) is 0 Å². The number of hydrogen-bond acceptors (Lipinski definition) is 3. The molecule has 1 aromatic carbocycles. The first-order valence-corrected chi connectivity index (χ1v) is 6.51. The highest BCUT2D eigenvalue weighted by molar-refractivity contribution is 5.27. The van der Waals surface area contributed by atoms with Crippen molar-refractivity contribution in [2.45, 2.75) is 32.8 Å². The van der Waals surface area contributed by atoms with Gasteiger partial charge >= 0.3 is 0 Å². The largest absolute Gasteiger partial charge is 0.497 e. The smallest absolute Gasteiger partial charge is 0.118 e. The third-order valence-corrected chi connectivity index (χ3v) is 3.48. The van der Waals surface area contributed by atoms with Crippen LogP contribution in [0.2, 0.25) is 0 Å². The van der Waals surface area contributed by atoms with Crippen molar-refractivity contribution >= 4 is 0 Å². The highest BCUT2D eigenvalue weighted by atomic mass is 16.5. The third kappa shape index (κ3) is 4.67. The molecule has 3 heteroatoms. The number of hydrogen-bond donors (Lipinski definition) is 2. The van der Waals surface area contributed by atoms with E-state index in [-0.39, 0.29) is 5.92 Å². The monoisotopic (exact) mass is 251 g/mol. The molecule has 0 aliphatic heterocycles. The molecule has 0 saturated carbocycles. The lowest BCUT2D eigenvalue weighted by molar-refractivity contribution is 0.0145. The molecular weight excluding hydrogens is 226 g/mol. The van der Waals surface area contributed by atoms with Crippen molar-refractivity contribution in [3.8, 4) is 5.75 Å². The van der Waals surface area contributed by atoms with E-state index >= 15 is 0 Å². The fraction of sp³-hybridized carbons (Fsp3) is 0.600. The minimum atomic E-state index is -0.639. The first kappa shape index (κ1) is 15.0. The Morgan fingerprint density at radius 1 is 1.28 bits per heavy atom. The number of nitrogens with one attached hydrogen (secondary N) is 1. The number of methoxy groups -OCH3 is 1. The van der Waals surface area contributed by atoms with Gasteiger partial charge < -0.3 is 15.2 Å². The Hall–Kier alpha value is -1.06. The van der Waals surface area contributed by atoms with Crippen molar-refractivity contribution in [2.75, 3.05) is 20.2 Å². The fourth-order valence-electron chi connectivity index (χ4n) is 1.57. The lowest BCUT2D eigenvalue weighted by atomic mass is 9.92. The summed E-state index contributed by atoms with van der Waals surface area (Å²) in [7, 11) is 1.67. The van der Waals surface area contributed by atoms with Gasteiger partial charge in [-0.05, 0) is 43.5 Å². The first-order valence-electron chi connectivity index (χ1n) is 6.51. The van der Waals surface area contributed by atoms with Gasteiger partial charge in [-0.3, -0.25) is 0 Å². The van der Waals surface area contributed by atoms with Gasteiger partial charge in [-0.1, -0.05) is 26.0 Å². The summed E-state index contributed by atoms with van der Waals surface area (Å²) in [5.74, 6) is 1.14. The molecule has 0 radical (unpaired) electrons. The van der Waals surface area contributed by atoms with E-state index < -0.39 is 5.60 Å². The highest BCUT2D eigenvalue weighted by Gasteiger charge is 2.23. The van der Waals surface area contributed by atoms with Crippen LogP contribution in [0, 0.1) is 5.92 Å². The summed E-state index contributed by atoms with van der Waals surface area (Å²) >= 11 is 0. The Morgan fingerprint density at radius 2 is 1.89 bits per heavy atom. The lowest BCUT2D eigenvalue weighted by Gasteiger charge is -2.28. The second kappa shape index (κ2) is 6.76. The van der Waals surface area contributed by atoms with Crippen LogP contribution in [0.15, 0.2) is 24.3 Å². The SMILES string of the molecule is COc1ccc(CCNCC(C)(O)C(C)C)cc1. The van der Waals surface area contributed by atoms with E-state index in [4.69, 9.17) is 4.74 Å². The van der Waals surface area contributed by atoms with Gasteiger partial charge in [-0.2, -0.15) is 0 Å². The summed E-state index contributed by atoms with van der Waals surface area (Å²) in [5, 5.41) is 13.4. The summed E-state index contributed by atoms with van der Waals surface area (Å²) < 4.78 is 5.12. The predicted molar refractivity (Wildman–Crippen MR) is 75.0 cm³/mol. The summed E-state index contributed by atoms with van der Waals surface area (Å²) in [6.07, 6.45) is 0.957. The first-order chi connectivity index (χ1) is 8.45. The standard InChI is InChI=1S/C15H25NO2/c1-12(2)15(3,17)11-16-10-9-13-5-7-14(18-4)8-6-13/h5-8,12,16-17H,9-11H2,1-4H3. The quantitative estimate of drug-likeness (QED) is 0.730. The molecule has 2 N–H and O–H groups in total. The molecule has 0 aromatic heterocycles. The van der Waals surface area contributed by atoms with E-state index in [1.54, 1.807) is 7.11 Å². The van der Waals surface area contributed by atoms with Crippen LogP contribution in [0.25, 0.3) is 0 Å². The van der Waals surface area contributed by atoms with Gasteiger partial charge in [0, 0.05) is 6.54 Å². The van der Waals surface area contributed by atoms with E-state index in [1.165, 1.54) is 5.56 Å². The molecule has 18 heavy (non-hydrogen) atoms. The summed E-state index contributed by atoms with van der Waals surface area (Å²) in [6, 6.07) is 8.08. The topological polar surface area (TPSA) is 41.5 Å². The summed E-state index contributed by atoms with van der Waals surface area (Å²) in [6.45, 7) is 7.43. The van der Waals surface area contributed by atoms with Crippen molar-refractivity contribution in [3.05, 3.63) is 29.8 Å². The Labute approximate surface area is 110 Å². The second-order valence-corrected chi connectivity index (χ2v) is 5.29. The zero-order valence-electron chi connectivity index (χ0n) is 11.9. The molecule has 0 aliphatic rings. The van der Waals surface area contributed by atoms with Crippen molar-refractivity contribution in [2.24, 2.45) is 5.92 Å². The molecule has 0 amide bonds. The van der Waals surface area contributed by atoms with E-state index in [2.05, 4.69) is 17.4 Å². The molecule has 1 atom stereocenters. The van der Waals surface area contributed by atoms with Gasteiger partial charge in [0.1, 0.15) is 5.75 Å². The van der Waals surface area contributed by atoms with Gasteiger partial charge in [0.25, 0.3) is 0 Å². The maximum atomic E-state index is 10.1. The lowest BCUT2D eigenvalue weighted by Crippen LogP contribution is -2.42. The van der Waals surface area contributed by atoms with Gasteiger partial charge in [0.2, 0.25) is 0 Å². The summed E-state index contributed by atoms with van der Waals surface area (Å²) in [5.41, 5.74) is 0.632. The van der Waals surface area contributed by atoms with Gasteiger partial charge in [-0.25, -0.2) is 0 Å². The van der Waals surface area contributed by atoms with Crippen LogP contribution in [0.3, 0.4) is 0 Å². The zero-order chi connectivity index (χ0) is 13.6. The molecule has 0 heterocycles. The molecule has 0 fully saturated rings. The fourth-order valence-corrected chi connectivity index (χ4v) is 1.57. The maximum Gasteiger partial charge on any atom is 0.118 e. The molecule has 3 nitrogen and oxygen atoms in total. The van der Waals surface area contributed by atoms with Gasteiger partial charge in [0.15, 0.2) is 0 Å². The highest BCUT2D eigenvalue weighted by Crippen LogP contribution is 2.14. The minimum absolute atomic E-state index is 0.256. The average molecular weight is 251 g/mol. The van der Waals surface area contributed by atoms with E-state index in [0.29, 0.717) is 6.54 Å². The van der Waals surface area contributed by atoms with Crippen LogP contribution < -0.4 is 10.1 Å². The van der Waals surface area contributed by atoms with Crippen LogP contribution in [-0.2, 0) is 6.42 Å². The predicted octanol–water partition coefficient (Wildman–Crippen LogP) is 2.23. The van der Waals surface area contributed by atoms with Crippen LogP contribution in [0.1, 0.15) is 26.3 Å². The average Bonchev–Trinajstić information content (AvgIpc) is 2.35. The molecule has 0 aliphatic carbocycles. The van der Waals surface area contributed by atoms with Crippen molar-refractivity contribution in [3.63, 3.8) is 0 Å². The number of benzene rings is 1. The Kier molecular flexibility index (Phi) is 5.63. The van der Waals surface area contributed by atoms with E-state index in [0.717, 1.165) is 18.7 Å². The van der Waals surface area contributed by atoms with E-state index in [1.807, 2.05) is 32.9 Å². The van der Waals surface area contributed by atoms with Crippen LogP contribution in [0.5, 0.6) is 5.75 Å². The Morgan fingerprint density at radius 3 is 2.39 bits per heavy atom. The Bertz CT molecular complexity index is 344. The molecule has 0 spiro atoms. The molecule has 0 saturated heterocycles. The normalized spacial score (nSPS) is 14.6. The molecule has 0 bridgehead atoms. The van der Waals surface area contributed by atoms with Crippen LogP contribution in [-0.4, -0.2) is 30.9 Å². The van der Waals surface area contributed by atoms with Gasteiger partial charge in [0.05, 0.1) is 12.7 Å². The van der Waals surface area contributed by atoms with Crippen molar-refractivity contribution in [1.29, 1.82) is 0 Å². The minimum Gasteiger partial charge on any atom is -0.497 e. The maximum absolute atomic E-state index is 10.1. The number of ether oxygens (including phenoxy) is 1. The van der Waals surface area contributed by atoms with Crippen molar-refractivity contribution in [1.82, 2.24) is 5.32 Å². The molecule has 1 rings (SSSR count). The number of rotatable bonds is 7.